The molecule has 4 aromatic carbocycles. The molecule has 8 heteroatoms. The maximum absolute atomic E-state index is 5.81. The molecular weight excluding hydrogens is 745 g/mol. The summed E-state index contributed by atoms with van der Waals surface area (Å²) in [5.74, 6) is 3.14. The van der Waals surface area contributed by atoms with Gasteiger partial charge in [0.1, 0.15) is 23.0 Å². The van der Waals surface area contributed by atoms with E-state index in [0.29, 0.717) is 0 Å². The summed E-state index contributed by atoms with van der Waals surface area (Å²) >= 11 is 0. The highest BCUT2D eigenvalue weighted by Crippen LogP contribution is 2.33. The Morgan fingerprint density at radius 3 is 1.25 bits per heavy atom. The number of fused-ring (bicyclic) bond motifs is 8. The summed E-state index contributed by atoms with van der Waals surface area (Å²) in [6.45, 7) is 3.08. The largest absolute Gasteiger partial charge is 0.497 e. The van der Waals surface area contributed by atoms with E-state index in [1.54, 1.807) is 28.4 Å². The normalized spacial score (nSPS) is 12.5. The number of hydrogen-bond acceptors (Lipinski definition) is 4. The van der Waals surface area contributed by atoms with Gasteiger partial charge in [0.05, 0.1) is 34.1 Å². The van der Waals surface area contributed by atoms with Crippen molar-refractivity contribution >= 4 is 22.3 Å². The van der Waals surface area contributed by atoms with Crippen molar-refractivity contribution in [3.05, 3.63) is 212 Å². The molecule has 4 aromatic heterocycles. The maximum atomic E-state index is 5.81. The van der Waals surface area contributed by atoms with Crippen LogP contribution in [-0.4, -0.2) is 48.0 Å². The Bertz CT molecular complexity index is 3100. The van der Waals surface area contributed by atoms with Crippen molar-refractivity contribution in [1.82, 2.24) is 19.5 Å². The Labute approximate surface area is 349 Å². The molecule has 5 heterocycles. The summed E-state index contributed by atoms with van der Waals surface area (Å²) in [5.41, 5.74) is 12.3. The standard InChI is InChI=1S/C52H48N4O4/c1-6-7-26-56-32-37-31-48(56)52(36-15-11-19-41(30-36)60-5)47-25-24-46(55-47)51(35-14-10-18-40(29-35)59-4)45-23-22-44(54-45)50(34-13-9-17-39(28-34)58-3)43-21-20-42(53-43)49(37)33-12-8-16-38(27-33)57-2/h8-25,27-32,53-55H,6-7,26H2,1-5H3. The average molecular weight is 793 g/mol. The summed E-state index contributed by atoms with van der Waals surface area (Å²) in [6, 6.07) is 48.5. The van der Waals surface area contributed by atoms with Crippen LogP contribution in [0.4, 0.5) is 0 Å². The second kappa shape index (κ2) is 16.5. The zero-order chi connectivity index (χ0) is 41.2. The third-order valence-corrected chi connectivity index (χ3v) is 11.3. The van der Waals surface area contributed by atoms with Gasteiger partial charge in [-0.05, 0) is 120 Å². The molecule has 8 bridgehead atoms. The van der Waals surface area contributed by atoms with Crippen LogP contribution in [0.5, 0.6) is 23.0 Å². The van der Waals surface area contributed by atoms with Crippen LogP contribution < -0.4 is 40.3 Å². The predicted octanol–water partition coefficient (Wildman–Crippen LogP) is 7.61. The van der Waals surface area contributed by atoms with Crippen molar-refractivity contribution in [2.24, 2.45) is 0 Å². The minimum atomic E-state index is 0.779. The van der Waals surface area contributed by atoms with Gasteiger partial charge in [-0.2, -0.15) is 0 Å². The quantitative estimate of drug-likeness (QED) is 0.126. The van der Waals surface area contributed by atoms with E-state index >= 15 is 0 Å². The van der Waals surface area contributed by atoms with Gasteiger partial charge in [-0.15, -0.1) is 0 Å². The van der Waals surface area contributed by atoms with E-state index in [9.17, 15) is 0 Å². The molecule has 0 saturated carbocycles. The van der Waals surface area contributed by atoms with Crippen molar-refractivity contribution < 1.29 is 18.9 Å². The van der Waals surface area contributed by atoms with Crippen LogP contribution in [-0.2, 0) is 6.54 Å². The Hall–Kier alpha value is -7.32. The number of unbranched alkanes of at least 4 members (excludes halogenated alkanes) is 1. The summed E-state index contributed by atoms with van der Waals surface area (Å²) in [5, 5.41) is 3.87. The third kappa shape index (κ3) is 7.21. The molecule has 0 saturated heterocycles. The first-order valence-electron chi connectivity index (χ1n) is 20.3. The molecule has 0 fully saturated rings. The molecule has 60 heavy (non-hydrogen) atoms. The van der Waals surface area contributed by atoms with Gasteiger partial charge < -0.3 is 38.5 Å². The van der Waals surface area contributed by atoms with Crippen molar-refractivity contribution in [3.63, 3.8) is 0 Å². The number of aromatic nitrogens is 4. The minimum absolute atomic E-state index is 0.779. The number of methoxy groups -OCH3 is 4. The van der Waals surface area contributed by atoms with Crippen LogP contribution in [0.3, 0.4) is 0 Å². The van der Waals surface area contributed by atoms with E-state index in [4.69, 9.17) is 18.9 Å². The van der Waals surface area contributed by atoms with E-state index in [2.05, 4.69) is 136 Å². The third-order valence-electron chi connectivity index (χ3n) is 11.3. The second-order valence-electron chi connectivity index (χ2n) is 14.9. The maximum Gasteiger partial charge on any atom is 0.119 e. The van der Waals surface area contributed by atoms with Gasteiger partial charge in [0, 0.05) is 73.4 Å². The van der Waals surface area contributed by atoms with Crippen LogP contribution in [0.2, 0.25) is 0 Å². The summed E-state index contributed by atoms with van der Waals surface area (Å²) < 4.78 is 25.5. The fraction of sp³-hybridized carbons (Fsp3) is 0.154. The lowest BCUT2D eigenvalue weighted by molar-refractivity contribution is 0.414. The molecule has 300 valence electrons. The summed E-state index contributed by atoms with van der Waals surface area (Å²) in [4.78, 5) is 11.7. The summed E-state index contributed by atoms with van der Waals surface area (Å²) in [6.07, 6.45) is 4.38. The first-order chi connectivity index (χ1) is 29.5. The van der Waals surface area contributed by atoms with Gasteiger partial charge in [0.25, 0.3) is 0 Å². The number of aromatic amines is 3. The zero-order valence-corrected chi connectivity index (χ0v) is 34.6. The number of nitrogens with one attached hydrogen (secondary N) is 3. The van der Waals surface area contributed by atoms with Crippen molar-refractivity contribution in [2.45, 2.75) is 26.3 Å². The highest BCUT2D eigenvalue weighted by atomic mass is 16.5. The zero-order valence-electron chi connectivity index (χ0n) is 34.6. The van der Waals surface area contributed by atoms with Crippen LogP contribution in [0.15, 0.2) is 146 Å². The van der Waals surface area contributed by atoms with Crippen LogP contribution >= 0.6 is 0 Å². The first-order valence-corrected chi connectivity index (χ1v) is 20.3. The van der Waals surface area contributed by atoms with E-state index in [1.165, 1.54) is 0 Å². The van der Waals surface area contributed by atoms with Gasteiger partial charge in [-0.25, -0.2) is 0 Å². The molecule has 8 nitrogen and oxygen atoms in total. The molecule has 9 rings (SSSR count). The first kappa shape index (κ1) is 38.2. The van der Waals surface area contributed by atoms with Crippen LogP contribution in [0.25, 0.3) is 22.3 Å². The average Bonchev–Trinajstić information content (AvgIpc) is 4.14. The fourth-order valence-corrected chi connectivity index (χ4v) is 8.38. The Morgan fingerprint density at radius 2 is 0.817 bits per heavy atom. The number of nitrogens with zero attached hydrogens (tertiary/aromatic N) is 1. The van der Waals surface area contributed by atoms with E-state index in [0.717, 1.165) is 131 Å². The molecule has 0 atom stereocenters. The lowest BCUT2D eigenvalue weighted by atomic mass is 9.97. The summed E-state index contributed by atoms with van der Waals surface area (Å²) in [7, 11) is 6.84. The van der Waals surface area contributed by atoms with Crippen LogP contribution in [0.1, 0.15) is 64.7 Å². The Kier molecular flexibility index (Phi) is 10.5. The predicted molar refractivity (Wildman–Crippen MR) is 239 cm³/mol. The SMILES string of the molecule is CCCCn1cc2cc1C(c1cccc(OC)c1)=c1ccc([nH]1)=C(c1cccc(OC)c1)c1ccc([nH]1)C(c1cccc(OC)c1)=c1ccc([nH]1)=C2c1cccc(OC)c1. The number of ether oxygens (including phenoxy) is 4. The number of hydrogen-bond donors (Lipinski definition) is 3. The molecule has 3 N–H and O–H groups in total. The van der Waals surface area contributed by atoms with Crippen molar-refractivity contribution in [3.8, 4) is 23.0 Å². The minimum Gasteiger partial charge on any atom is -0.497 e. The molecule has 8 aromatic rings. The highest BCUT2D eigenvalue weighted by molar-refractivity contribution is 5.86. The molecular formula is C52H48N4O4. The van der Waals surface area contributed by atoms with Gasteiger partial charge in [0.15, 0.2) is 0 Å². The van der Waals surface area contributed by atoms with Crippen molar-refractivity contribution in [2.75, 3.05) is 28.4 Å². The smallest absolute Gasteiger partial charge is 0.119 e. The van der Waals surface area contributed by atoms with E-state index < -0.39 is 0 Å². The molecule has 0 unspecified atom stereocenters. The second-order valence-corrected chi connectivity index (χ2v) is 14.9. The molecule has 0 radical (unpaired) electrons. The topological polar surface area (TPSA) is 89.2 Å². The molecule has 0 amide bonds. The number of benzene rings is 4. The van der Waals surface area contributed by atoms with Crippen LogP contribution in [0, 0.1) is 0 Å². The number of rotatable bonds is 11. The lowest BCUT2D eigenvalue weighted by Gasteiger charge is -2.13. The number of aryl methyl sites for hydroxylation is 1. The monoisotopic (exact) mass is 792 g/mol. The Balaban J connectivity index is 1.47. The van der Waals surface area contributed by atoms with Gasteiger partial charge in [-0.3, -0.25) is 0 Å². The van der Waals surface area contributed by atoms with Gasteiger partial charge in [0.2, 0.25) is 0 Å². The van der Waals surface area contributed by atoms with E-state index in [1.807, 2.05) is 36.4 Å². The van der Waals surface area contributed by atoms with E-state index in [-0.39, 0.29) is 0 Å². The highest BCUT2D eigenvalue weighted by Gasteiger charge is 2.21. The lowest BCUT2D eigenvalue weighted by Crippen LogP contribution is -2.19. The Morgan fingerprint density at radius 1 is 0.417 bits per heavy atom. The molecule has 1 aliphatic heterocycles. The van der Waals surface area contributed by atoms with Gasteiger partial charge in [-0.1, -0.05) is 61.9 Å². The molecule has 0 spiro atoms. The van der Waals surface area contributed by atoms with Crippen molar-refractivity contribution in [1.29, 1.82) is 0 Å². The fourth-order valence-electron chi connectivity index (χ4n) is 8.38. The number of H-pyrrole nitrogens is 3. The molecule has 1 aliphatic rings. The molecule has 0 aliphatic carbocycles. The van der Waals surface area contributed by atoms with Gasteiger partial charge >= 0.3 is 0 Å².